The molecule has 2 N–H and O–H groups in total. The van der Waals surface area contributed by atoms with Crippen molar-refractivity contribution in [2.24, 2.45) is 4.99 Å². The molecule has 1 aromatic rings. The highest BCUT2D eigenvalue weighted by Crippen LogP contribution is 2.02. The van der Waals surface area contributed by atoms with Gasteiger partial charge in [0.15, 0.2) is 5.96 Å². The number of hydrogen-bond acceptors (Lipinski definition) is 3. The molecule has 0 saturated heterocycles. The van der Waals surface area contributed by atoms with Crippen LogP contribution in [0.3, 0.4) is 0 Å². The standard InChI is InChI=1S/C21H37N5O/c1-5-22-21(24-16-14-20(27)26(6-2)7-3)23-15-11-17-25(4)18-19-12-9-8-10-13-19/h8-10,12-13H,5-7,11,14-18H2,1-4H3,(H2,22,23,24). The van der Waals surface area contributed by atoms with Crippen LogP contribution in [-0.2, 0) is 11.3 Å². The molecule has 0 radical (unpaired) electrons. The number of carbonyl (C=O) groups excluding carboxylic acids is 1. The lowest BCUT2D eigenvalue weighted by Gasteiger charge is -2.19. The van der Waals surface area contributed by atoms with E-state index in [0.29, 0.717) is 13.0 Å². The summed E-state index contributed by atoms with van der Waals surface area (Å²) in [5.74, 6) is 0.974. The van der Waals surface area contributed by atoms with Crippen molar-refractivity contribution in [3.05, 3.63) is 35.9 Å². The Morgan fingerprint density at radius 2 is 1.78 bits per heavy atom. The van der Waals surface area contributed by atoms with Gasteiger partial charge < -0.3 is 20.4 Å². The van der Waals surface area contributed by atoms with Gasteiger partial charge in [0.25, 0.3) is 0 Å². The summed E-state index contributed by atoms with van der Waals surface area (Å²) in [5.41, 5.74) is 1.33. The van der Waals surface area contributed by atoms with Crippen molar-refractivity contribution in [2.45, 2.75) is 40.2 Å². The molecule has 1 rings (SSSR count). The summed E-state index contributed by atoms with van der Waals surface area (Å²) in [7, 11) is 2.14. The van der Waals surface area contributed by atoms with Crippen LogP contribution in [0.5, 0.6) is 0 Å². The number of nitrogens with one attached hydrogen (secondary N) is 2. The highest BCUT2D eigenvalue weighted by Gasteiger charge is 2.09. The van der Waals surface area contributed by atoms with E-state index in [9.17, 15) is 4.79 Å². The van der Waals surface area contributed by atoms with Gasteiger partial charge in [-0.15, -0.1) is 0 Å². The second-order valence-corrected chi connectivity index (χ2v) is 6.58. The van der Waals surface area contributed by atoms with Gasteiger partial charge in [-0.1, -0.05) is 30.3 Å². The Balaban J connectivity index is 2.30. The van der Waals surface area contributed by atoms with Gasteiger partial charge in [0.05, 0.1) is 0 Å². The molecule has 0 atom stereocenters. The first-order chi connectivity index (χ1) is 13.1. The molecule has 0 unspecified atom stereocenters. The van der Waals surface area contributed by atoms with E-state index < -0.39 is 0 Å². The van der Waals surface area contributed by atoms with E-state index in [0.717, 1.165) is 51.6 Å². The number of carbonyl (C=O) groups is 1. The summed E-state index contributed by atoms with van der Waals surface area (Å²) >= 11 is 0. The van der Waals surface area contributed by atoms with Gasteiger partial charge in [-0.05, 0) is 46.3 Å². The van der Waals surface area contributed by atoms with E-state index in [1.54, 1.807) is 0 Å². The summed E-state index contributed by atoms with van der Waals surface area (Å²) in [4.78, 5) is 20.8. The number of rotatable bonds is 12. The first-order valence-corrected chi connectivity index (χ1v) is 10.1. The third kappa shape index (κ3) is 9.99. The van der Waals surface area contributed by atoms with E-state index >= 15 is 0 Å². The maximum absolute atomic E-state index is 12.1. The van der Waals surface area contributed by atoms with Crippen LogP contribution in [0.4, 0.5) is 0 Å². The number of guanidine groups is 1. The smallest absolute Gasteiger partial charge is 0.224 e. The van der Waals surface area contributed by atoms with Gasteiger partial charge in [0, 0.05) is 45.7 Å². The molecule has 0 saturated carbocycles. The summed E-state index contributed by atoms with van der Waals surface area (Å²) in [5, 5.41) is 6.50. The molecule has 0 fully saturated rings. The van der Waals surface area contributed by atoms with Gasteiger partial charge in [0.1, 0.15) is 0 Å². The van der Waals surface area contributed by atoms with Gasteiger partial charge in [-0.3, -0.25) is 9.79 Å². The molecule has 1 aromatic carbocycles. The summed E-state index contributed by atoms with van der Waals surface area (Å²) < 4.78 is 0. The Morgan fingerprint density at radius 1 is 1.07 bits per heavy atom. The maximum Gasteiger partial charge on any atom is 0.224 e. The van der Waals surface area contributed by atoms with Crippen LogP contribution in [0.25, 0.3) is 0 Å². The highest BCUT2D eigenvalue weighted by molar-refractivity contribution is 5.81. The zero-order valence-electron chi connectivity index (χ0n) is 17.5. The molecule has 6 nitrogen and oxygen atoms in total. The lowest BCUT2D eigenvalue weighted by Crippen LogP contribution is -2.40. The fourth-order valence-electron chi connectivity index (χ4n) is 2.87. The molecular formula is C21H37N5O. The molecule has 152 valence electrons. The van der Waals surface area contributed by atoms with Gasteiger partial charge in [0.2, 0.25) is 5.91 Å². The molecule has 0 bridgehead atoms. The minimum absolute atomic E-state index is 0.186. The lowest BCUT2D eigenvalue weighted by molar-refractivity contribution is -0.130. The van der Waals surface area contributed by atoms with E-state index in [1.807, 2.05) is 31.7 Å². The molecule has 0 aromatic heterocycles. The summed E-state index contributed by atoms with van der Waals surface area (Å²) in [6.07, 6.45) is 1.49. The van der Waals surface area contributed by atoms with E-state index in [2.05, 4.69) is 51.8 Å². The Bertz CT molecular complexity index is 543. The Morgan fingerprint density at radius 3 is 2.41 bits per heavy atom. The van der Waals surface area contributed by atoms with Crippen molar-refractivity contribution in [1.82, 2.24) is 20.4 Å². The van der Waals surface area contributed by atoms with Gasteiger partial charge >= 0.3 is 0 Å². The van der Waals surface area contributed by atoms with E-state index in [-0.39, 0.29) is 5.91 Å². The highest BCUT2D eigenvalue weighted by atomic mass is 16.2. The first-order valence-electron chi connectivity index (χ1n) is 10.1. The minimum atomic E-state index is 0.186. The topological polar surface area (TPSA) is 60.0 Å². The van der Waals surface area contributed by atoms with Crippen molar-refractivity contribution in [3.63, 3.8) is 0 Å². The Kier molecular flexibility index (Phi) is 11.9. The average Bonchev–Trinajstić information content (AvgIpc) is 2.67. The number of amides is 1. The van der Waals surface area contributed by atoms with Crippen molar-refractivity contribution >= 4 is 11.9 Å². The molecule has 27 heavy (non-hydrogen) atoms. The predicted octanol–water partition coefficient (Wildman–Crippen LogP) is 2.32. The largest absolute Gasteiger partial charge is 0.357 e. The first kappa shape index (κ1) is 23.0. The normalized spacial score (nSPS) is 11.5. The third-order valence-electron chi connectivity index (χ3n) is 4.35. The number of nitrogens with zero attached hydrogens (tertiary/aromatic N) is 3. The Labute approximate surface area is 165 Å². The van der Waals surface area contributed by atoms with Crippen LogP contribution in [0.15, 0.2) is 35.3 Å². The Hall–Kier alpha value is -2.08. The molecule has 0 aliphatic carbocycles. The molecule has 0 aliphatic heterocycles. The van der Waals surface area contributed by atoms with Crippen molar-refractivity contribution < 1.29 is 4.79 Å². The third-order valence-corrected chi connectivity index (χ3v) is 4.35. The number of aliphatic imine (C=N–C) groups is 1. The number of benzene rings is 1. The van der Waals surface area contributed by atoms with Crippen molar-refractivity contribution in [2.75, 3.05) is 46.3 Å². The molecule has 0 aliphatic rings. The SMILES string of the molecule is CCNC(=NCCCN(C)Cc1ccccc1)NCCC(=O)N(CC)CC. The fourth-order valence-corrected chi connectivity index (χ4v) is 2.87. The summed E-state index contributed by atoms with van der Waals surface area (Å²) in [6, 6.07) is 10.5. The van der Waals surface area contributed by atoms with Crippen LogP contribution in [0, 0.1) is 0 Å². The van der Waals surface area contributed by atoms with Crippen LogP contribution in [0.2, 0.25) is 0 Å². The lowest BCUT2D eigenvalue weighted by atomic mass is 10.2. The van der Waals surface area contributed by atoms with Crippen LogP contribution < -0.4 is 10.6 Å². The minimum Gasteiger partial charge on any atom is -0.357 e. The van der Waals surface area contributed by atoms with E-state index in [1.165, 1.54) is 5.56 Å². The fraction of sp³-hybridized carbons (Fsp3) is 0.619. The van der Waals surface area contributed by atoms with Crippen LogP contribution >= 0.6 is 0 Å². The monoisotopic (exact) mass is 375 g/mol. The maximum atomic E-state index is 12.1. The zero-order chi connectivity index (χ0) is 19.9. The molecular weight excluding hydrogens is 338 g/mol. The molecule has 0 spiro atoms. The van der Waals surface area contributed by atoms with Gasteiger partial charge in [-0.2, -0.15) is 0 Å². The molecule has 6 heteroatoms. The predicted molar refractivity (Wildman–Crippen MR) is 114 cm³/mol. The average molecular weight is 376 g/mol. The van der Waals surface area contributed by atoms with Crippen LogP contribution in [0.1, 0.15) is 39.2 Å². The van der Waals surface area contributed by atoms with Crippen molar-refractivity contribution in [3.8, 4) is 0 Å². The van der Waals surface area contributed by atoms with Crippen molar-refractivity contribution in [1.29, 1.82) is 0 Å². The van der Waals surface area contributed by atoms with Crippen LogP contribution in [-0.4, -0.2) is 68.0 Å². The second kappa shape index (κ2) is 14.0. The molecule has 1 amide bonds. The molecule has 0 heterocycles. The zero-order valence-corrected chi connectivity index (χ0v) is 17.5. The van der Waals surface area contributed by atoms with E-state index in [4.69, 9.17) is 0 Å². The summed E-state index contributed by atoms with van der Waals surface area (Å²) in [6.45, 7) is 11.7. The number of hydrogen-bond donors (Lipinski definition) is 2. The van der Waals surface area contributed by atoms with Gasteiger partial charge in [-0.25, -0.2) is 0 Å². The quantitative estimate of drug-likeness (QED) is 0.334. The second-order valence-electron chi connectivity index (χ2n) is 6.58.